The van der Waals surface area contributed by atoms with Crippen molar-refractivity contribution in [1.29, 1.82) is 0 Å². The van der Waals surface area contributed by atoms with Crippen LogP contribution in [-0.2, 0) is 9.53 Å². The molecule has 0 aliphatic rings. The Balaban J connectivity index is 2.00. The number of hydrazine groups is 1. The first kappa shape index (κ1) is 20.0. The number of carbonyl (C=O) groups excluding carboxylic acids is 2. The largest absolute Gasteiger partial charge is 0.479 e. The van der Waals surface area contributed by atoms with Crippen LogP contribution in [0.25, 0.3) is 11.8 Å². The summed E-state index contributed by atoms with van der Waals surface area (Å²) in [4.78, 5) is 31.8. The minimum atomic E-state index is -0.746. The number of imidazole rings is 1. The Bertz CT molecular complexity index is 852. The molecular weight excluding hydrogens is 350 g/mol. The van der Waals surface area contributed by atoms with Crippen molar-refractivity contribution in [3.05, 3.63) is 42.1 Å². The van der Waals surface area contributed by atoms with Gasteiger partial charge in [-0.2, -0.15) is 0 Å². The molecule has 0 fully saturated rings. The van der Waals surface area contributed by atoms with Crippen molar-refractivity contribution in [1.82, 2.24) is 25.4 Å². The lowest BCUT2D eigenvalue weighted by Crippen LogP contribution is -2.43. The summed E-state index contributed by atoms with van der Waals surface area (Å²) in [6.07, 6.45) is 5.51. The van der Waals surface area contributed by atoms with E-state index in [-0.39, 0.29) is 0 Å². The van der Waals surface area contributed by atoms with Gasteiger partial charge in [0.2, 0.25) is 5.88 Å². The summed E-state index contributed by atoms with van der Waals surface area (Å²) in [5.41, 5.74) is 5.85. The highest BCUT2D eigenvalue weighted by molar-refractivity contribution is 5.92. The van der Waals surface area contributed by atoms with Crippen LogP contribution in [0.4, 0.5) is 4.79 Å². The van der Waals surface area contributed by atoms with Gasteiger partial charge in [0.25, 0.3) is 5.91 Å². The SMILES string of the molecule is COc1nc(/C=C/C(=O)NNC(=O)OC(C)(C)C)ccc1-n1cnc(C)c1. The van der Waals surface area contributed by atoms with Crippen LogP contribution < -0.4 is 15.6 Å². The lowest BCUT2D eigenvalue weighted by Gasteiger charge is -2.19. The smallest absolute Gasteiger partial charge is 0.426 e. The van der Waals surface area contributed by atoms with Crippen LogP contribution in [0.5, 0.6) is 5.88 Å². The monoisotopic (exact) mass is 373 g/mol. The highest BCUT2D eigenvalue weighted by Gasteiger charge is 2.16. The normalized spacial score (nSPS) is 11.3. The number of carbonyl (C=O) groups is 2. The van der Waals surface area contributed by atoms with Gasteiger partial charge >= 0.3 is 6.09 Å². The van der Waals surface area contributed by atoms with Crippen molar-refractivity contribution in [2.75, 3.05) is 7.11 Å². The molecule has 9 heteroatoms. The maximum Gasteiger partial charge on any atom is 0.426 e. The van der Waals surface area contributed by atoms with Crippen molar-refractivity contribution in [3.63, 3.8) is 0 Å². The molecule has 27 heavy (non-hydrogen) atoms. The number of ether oxygens (including phenoxy) is 2. The number of aromatic nitrogens is 3. The number of amides is 2. The second kappa shape index (κ2) is 8.35. The lowest BCUT2D eigenvalue weighted by atomic mass is 10.2. The standard InChI is InChI=1S/C18H23N5O4/c1-12-10-23(11-19-12)14-8-6-13(20-16(14)26-5)7-9-15(24)21-22-17(25)27-18(2,3)4/h6-11H,1-5H3,(H,21,24)(H,22,25)/b9-7+. The van der Waals surface area contributed by atoms with Crippen LogP contribution in [0, 0.1) is 6.92 Å². The molecule has 2 aromatic heterocycles. The fraction of sp³-hybridized carbons (Fsp3) is 0.333. The van der Waals surface area contributed by atoms with Gasteiger partial charge in [-0.15, -0.1) is 0 Å². The third-order valence-electron chi connectivity index (χ3n) is 3.14. The first-order valence-corrected chi connectivity index (χ1v) is 8.21. The molecule has 0 saturated heterocycles. The molecule has 2 heterocycles. The Morgan fingerprint density at radius 1 is 1.22 bits per heavy atom. The second-order valence-electron chi connectivity index (χ2n) is 6.64. The summed E-state index contributed by atoms with van der Waals surface area (Å²) in [5.74, 6) is -0.141. The van der Waals surface area contributed by atoms with E-state index in [1.54, 1.807) is 37.7 Å². The quantitative estimate of drug-likeness (QED) is 0.628. The van der Waals surface area contributed by atoms with Gasteiger partial charge in [-0.05, 0) is 45.9 Å². The molecule has 2 rings (SSSR count). The van der Waals surface area contributed by atoms with Gasteiger partial charge in [0.15, 0.2) is 0 Å². The summed E-state index contributed by atoms with van der Waals surface area (Å²) in [7, 11) is 1.51. The molecule has 2 amide bonds. The first-order valence-electron chi connectivity index (χ1n) is 8.21. The van der Waals surface area contributed by atoms with Crippen LogP contribution in [-0.4, -0.2) is 39.2 Å². The number of pyridine rings is 1. The molecule has 0 aliphatic carbocycles. The van der Waals surface area contributed by atoms with E-state index in [4.69, 9.17) is 9.47 Å². The van der Waals surface area contributed by atoms with Crippen LogP contribution in [0.15, 0.2) is 30.7 Å². The van der Waals surface area contributed by atoms with Gasteiger partial charge in [0.05, 0.1) is 24.8 Å². The fourth-order valence-corrected chi connectivity index (χ4v) is 2.06. The second-order valence-corrected chi connectivity index (χ2v) is 6.64. The average Bonchev–Trinajstić information content (AvgIpc) is 3.02. The number of nitrogens with one attached hydrogen (secondary N) is 2. The van der Waals surface area contributed by atoms with Gasteiger partial charge < -0.3 is 14.0 Å². The Hall–Kier alpha value is -3.36. The molecule has 0 aliphatic heterocycles. The van der Waals surface area contributed by atoms with E-state index in [0.29, 0.717) is 11.6 Å². The topological polar surface area (TPSA) is 107 Å². The Morgan fingerprint density at radius 3 is 2.56 bits per heavy atom. The molecule has 0 radical (unpaired) electrons. The van der Waals surface area contributed by atoms with Crippen LogP contribution in [0.2, 0.25) is 0 Å². The van der Waals surface area contributed by atoms with Gasteiger partial charge in [-0.25, -0.2) is 20.2 Å². The molecular formula is C18H23N5O4. The van der Waals surface area contributed by atoms with E-state index in [1.807, 2.05) is 19.2 Å². The van der Waals surface area contributed by atoms with Gasteiger partial charge in [0, 0.05) is 12.3 Å². The van der Waals surface area contributed by atoms with Crippen LogP contribution >= 0.6 is 0 Å². The minimum Gasteiger partial charge on any atom is -0.479 e. The van der Waals surface area contributed by atoms with Crippen molar-refractivity contribution >= 4 is 18.1 Å². The molecule has 0 aromatic carbocycles. The van der Waals surface area contributed by atoms with Gasteiger partial charge in [-0.3, -0.25) is 10.2 Å². The number of nitrogens with zero attached hydrogens (tertiary/aromatic N) is 3. The first-order chi connectivity index (χ1) is 12.7. The molecule has 0 bridgehead atoms. The predicted molar refractivity (Wildman–Crippen MR) is 99.2 cm³/mol. The summed E-state index contributed by atoms with van der Waals surface area (Å²) < 4.78 is 12.1. The molecule has 0 unspecified atom stereocenters. The van der Waals surface area contributed by atoms with Gasteiger partial charge in [-0.1, -0.05) is 0 Å². The van der Waals surface area contributed by atoms with E-state index in [1.165, 1.54) is 19.3 Å². The Kier molecular flexibility index (Phi) is 6.17. The third kappa shape index (κ3) is 6.14. The molecule has 9 nitrogen and oxygen atoms in total. The Morgan fingerprint density at radius 2 is 1.96 bits per heavy atom. The zero-order chi connectivity index (χ0) is 20.0. The summed E-state index contributed by atoms with van der Waals surface area (Å²) >= 11 is 0. The highest BCUT2D eigenvalue weighted by Crippen LogP contribution is 2.21. The van der Waals surface area contributed by atoms with E-state index in [2.05, 4.69) is 20.8 Å². The summed E-state index contributed by atoms with van der Waals surface area (Å²) in [6, 6.07) is 3.54. The van der Waals surface area contributed by atoms with E-state index >= 15 is 0 Å². The number of rotatable bonds is 4. The maximum absolute atomic E-state index is 11.8. The van der Waals surface area contributed by atoms with Crippen LogP contribution in [0.1, 0.15) is 32.2 Å². The van der Waals surface area contributed by atoms with Crippen molar-refractivity contribution in [2.24, 2.45) is 0 Å². The van der Waals surface area contributed by atoms with Crippen molar-refractivity contribution < 1.29 is 19.1 Å². The van der Waals surface area contributed by atoms with Crippen LogP contribution in [0.3, 0.4) is 0 Å². The van der Waals surface area contributed by atoms with Crippen molar-refractivity contribution in [2.45, 2.75) is 33.3 Å². The average molecular weight is 373 g/mol. The van der Waals surface area contributed by atoms with Crippen molar-refractivity contribution in [3.8, 4) is 11.6 Å². The van der Waals surface area contributed by atoms with E-state index < -0.39 is 17.6 Å². The number of methoxy groups -OCH3 is 1. The third-order valence-corrected chi connectivity index (χ3v) is 3.14. The molecule has 0 atom stereocenters. The lowest BCUT2D eigenvalue weighted by molar-refractivity contribution is -0.117. The minimum absolute atomic E-state index is 0.391. The zero-order valence-electron chi connectivity index (χ0n) is 15.9. The molecule has 0 saturated carbocycles. The number of hydrogen-bond acceptors (Lipinski definition) is 6. The molecule has 2 N–H and O–H groups in total. The summed E-state index contributed by atoms with van der Waals surface area (Å²) in [5, 5.41) is 0. The van der Waals surface area contributed by atoms with E-state index in [0.717, 1.165) is 11.4 Å². The fourth-order valence-electron chi connectivity index (χ4n) is 2.06. The molecule has 144 valence electrons. The number of aryl methyl sites for hydroxylation is 1. The molecule has 2 aromatic rings. The zero-order valence-corrected chi connectivity index (χ0v) is 15.9. The summed E-state index contributed by atoms with van der Waals surface area (Å²) in [6.45, 7) is 7.06. The molecule has 0 spiro atoms. The number of hydrogen-bond donors (Lipinski definition) is 2. The predicted octanol–water partition coefficient (Wildman–Crippen LogP) is 2.15. The highest BCUT2D eigenvalue weighted by atomic mass is 16.6. The van der Waals surface area contributed by atoms with Gasteiger partial charge in [0.1, 0.15) is 11.3 Å². The maximum atomic E-state index is 11.8. The Labute approximate surface area is 157 Å². The van der Waals surface area contributed by atoms with E-state index in [9.17, 15) is 9.59 Å².